The van der Waals surface area contributed by atoms with Gasteiger partial charge in [0.25, 0.3) is 5.91 Å². The summed E-state index contributed by atoms with van der Waals surface area (Å²) in [6.45, 7) is -0.0904. The third kappa shape index (κ3) is 4.64. The highest BCUT2D eigenvalue weighted by atomic mass is 79.9. The Hall–Kier alpha value is -2.34. The molecule has 2 aromatic carbocycles. The number of aryl methyl sites for hydroxylation is 1. The van der Waals surface area contributed by atoms with Crippen LogP contribution in [-0.4, -0.2) is 25.8 Å². The third-order valence-electron chi connectivity index (χ3n) is 4.28. The van der Waals surface area contributed by atoms with E-state index in [1.165, 1.54) is 24.0 Å². The largest absolute Gasteiger partial charge is 0.497 e. The van der Waals surface area contributed by atoms with Crippen molar-refractivity contribution in [3.63, 3.8) is 0 Å². The number of halogens is 1. The lowest BCUT2D eigenvalue weighted by Crippen LogP contribution is -2.24. The number of rotatable bonds is 6. The van der Waals surface area contributed by atoms with Crippen LogP contribution in [0.25, 0.3) is 0 Å². The second-order valence-corrected chi connectivity index (χ2v) is 6.87. The van der Waals surface area contributed by atoms with E-state index in [0.717, 1.165) is 28.6 Å². The van der Waals surface area contributed by atoms with Gasteiger partial charge in [-0.1, -0.05) is 18.2 Å². The van der Waals surface area contributed by atoms with Crippen LogP contribution in [0.4, 0.5) is 0 Å². The van der Waals surface area contributed by atoms with Crippen LogP contribution in [0, 0.1) is 0 Å². The molecule has 0 saturated heterocycles. The molecule has 0 bridgehead atoms. The molecule has 5 nitrogen and oxygen atoms in total. The minimum Gasteiger partial charge on any atom is -0.497 e. The number of carbonyl (C=O) groups excluding carboxylic acids is 1. The normalized spacial score (nSPS) is 13.3. The van der Waals surface area contributed by atoms with E-state index in [0.29, 0.717) is 5.75 Å². The topological polar surface area (TPSA) is 59.9 Å². The Morgan fingerprint density at radius 1 is 1.27 bits per heavy atom. The van der Waals surface area contributed by atoms with Crippen LogP contribution in [0.15, 0.2) is 46.0 Å². The van der Waals surface area contributed by atoms with Gasteiger partial charge in [0.1, 0.15) is 11.5 Å². The summed E-state index contributed by atoms with van der Waals surface area (Å²) in [6.07, 6.45) is 6.13. The van der Waals surface area contributed by atoms with Crippen molar-refractivity contribution in [2.75, 3.05) is 13.7 Å². The molecule has 0 aliphatic heterocycles. The molecule has 1 aliphatic carbocycles. The van der Waals surface area contributed by atoms with E-state index in [4.69, 9.17) is 9.47 Å². The van der Waals surface area contributed by atoms with Gasteiger partial charge >= 0.3 is 0 Å². The number of carbonyl (C=O) groups is 1. The Morgan fingerprint density at radius 3 is 2.96 bits per heavy atom. The first kappa shape index (κ1) is 18.5. The molecule has 2 aromatic rings. The molecule has 0 fully saturated rings. The lowest BCUT2D eigenvalue weighted by molar-refractivity contribution is -0.123. The number of ether oxygens (including phenoxy) is 2. The van der Waals surface area contributed by atoms with Crippen molar-refractivity contribution in [3.8, 4) is 11.5 Å². The van der Waals surface area contributed by atoms with E-state index in [1.54, 1.807) is 13.3 Å². The summed E-state index contributed by atoms with van der Waals surface area (Å²) in [5.41, 5.74) is 5.97. The number of nitrogens with one attached hydrogen (secondary N) is 1. The second-order valence-electron chi connectivity index (χ2n) is 6.08. The van der Waals surface area contributed by atoms with E-state index in [1.807, 2.05) is 30.3 Å². The van der Waals surface area contributed by atoms with Crippen LogP contribution in [0.2, 0.25) is 0 Å². The SMILES string of the molecule is COc1cccc(/C=N\NC(=O)COc2ccc3c(c2Br)CCCC3)c1. The van der Waals surface area contributed by atoms with Gasteiger partial charge in [0.05, 0.1) is 17.8 Å². The third-order valence-corrected chi connectivity index (χ3v) is 5.15. The Balaban J connectivity index is 1.53. The number of nitrogens with zero attached hydrogens (tertiary/aromatic N) is 1. The van der Waals surface area contributed by atoms with Crippen LogP contribution in [0.1, 0.15) is 29.5 Å². The molecule has 26 heavy (non-hydrogen) atoms. The smallest absolute Gasteiger partial charge is 0.277 e. The molecule has 0 atom stereocenters. The molecular formula is C20H21BrN2O3. The average Bonchev–Trinajstić information content (AvgIpc) is 2.68. The van der Waals surface area contributed by atoms with Crippen molar-refractivity contribution < 1.29 is 14.3 Å². The van der Waals surface area contributed by atoms with E-state index in [-0.39, 0.29) is 12.5 Å². The summed E-state index contributed by atoms with van der Waals surface area (Å²) in [5, 5.41) is 3.95. The number of hydrazone groups is 1. The first-order valence-corrected chi connectivity index (χ1v) is 9.35. The Morgan fingerprint density at radius 2 is 2.12 bits per heavy atom. The van der Waals surface area contributed by atoms with Gasteiger partial charge in [0.2, 0.25) is 0 Å². The van der Waals surface area contributed by atoms with E-state index >= 15 is 0 Å². The maximum absolute atomic E-state index is 11.9. The van der Waals surface area contributed by atoms with Crippen LogP contribution in [0.3, 0.4) is 0 Å². The van der Waals surface area contributed by atoms with E-state index < -0.39 is 0 Å². The van der Waals surface area contributed by atoms with Crippen LogP contribution in [-0.2, 0) is 17.6 Å². The Kier molecular flexibility index (Phi) is 6.28. The van der Waals surface area contributed by atoms with Crippen molar-refractivity contribution in [1.29, 1.82) is 0 Å². The van der Waals surface area contributed by atoms with Crippen molar-refractivity contribution in [2.24, 2.45) is 5.10 Å². The minimum atomic E-state index is -0.311. The van der Waals surface area contributed by atoms with Gasteiger partial charge in [-0.15, -0.1) is 0 Å². The fraction of sp³-hybridized carbons (Fsp3) is 0.300. The molecule has 6 heteroatoms. The molecule has 0 radical (unpaired) electrons. The number of amides is 1. The van der Waals surface area contributed by atoms with Crippen LogP contribution in [0.5, 0.6) is 11.5 Å². The quantitative estimate of drug-likeness (QED) is 0.574. The Labute approximate surface area is 161 Å². The van der Waals surface area contributed by atoms with Gasteiger partial charge < -0.3 is 9.47 Å². The van der Waals surface area contributed by atoms with Gasteiger partial charge in [-0.05, 0) is 76.5 Å². The highest BCUT2D eigenvalue weighted by Crippen LogP contribution is 2.35. The fourth-order valence-corrected chi connectivity index (χ4v) is 3.65. The van der Waals surface area contributed by atoms with E-state index in [9.17, 15) is 4.79 Å². The number of benzene rings is 2. The van der Waals surface area contributed by atoms with Gasteiger partial charge in [0, 0.05) is 0 Å². The monoisotopic (exact) mass is 416 g/mol. The van der Waals surface area contributed by atoms with Crippen LogP contribution < -0.4 is 14.9 Å². The summed E-state index contributed by atoms with van der Waals surface area (Å²) < 4.78 is 11.8. The molecule has 0 heterocycles. The number of hydrogen-bond donors (Lipinski definition) is 1. The summed E-state index contributed by atoms with van der Waals surface area (Å²) in [5.74, 6) is 1.12. The maximum atomic E-state index is 11.9. The highest BCUT2D eigenvalue weighted by Gasteiger charge is 2.16. The zero-order valence-electron chi connectivity index (χ0n) is 14.6. The molecule has 1 amide bonds. The molecular weight excluding hydrogens is 396 g/mol. The fourth-order valence-electron chi connectivity index (χ4n) is 2.95. The van der Waals surface area contributed by atoms with E-state index in [2.05, 4.69) is 32.5 Å². The summed E-state index contributed by atoms with van der Waals surface area (Å²) in [7, 11) is 1.61. The molecule has 0 aromatic heterocycles. The van der Waals surface area contributed by atoms with Crippen molar-refractivity contribution in [3.05, 3.63) is 57.6 Å². The predicted octanol–water partition coefficient (Wildman–Crippen LogP) is 3.87. The van der Waals surface area contributed by atoms with Gasteiger partial charge in [-0.2, -0.15) is 5.10 Å². The lowest BCUT2D eigenvalue weighted by atomic mass is 9.92. The molecule has 0 unspecified atom stereocenters. The summed E-state index contributed by atoms with van der Waals surface area (Å²) in [6, 6.07) is 11.4. The van der Waals surface area contributed by atoms with Gasteiger partial charge in [0.15, 0.2) is 6.61 Å². The molecule has 1 N–H and O–H groups in total. The first-order chi connectivity index (χ1) is 12.7. The number of hydrogen-bond acceptors (Lipinski definition) is 4. The number of methoxy groups -OCH3 is 1. The first-order valence-electron chi connectivity index (χ1n) is 8.56. The zero-order chi connectivity index (χ0) is 18.4. The van der Waals surface area contributed by atoms with Gasteiger partial charge in [-0.25, -0.2) is 5.43 Å². The van der Waals surface area contributed by atoms with Crippen molar-refractivity contribution in [1.82, 2.24) is 5.43 Å². The lowest BCUT2D eigenvalue weighted by Gasteiger charge is -2.19. The summed E-state index contributed by atoms with van der Waals surface area (Å²) in [4.78, 5) is 11.9. The molecule has 0 saturated carbocycles. The Bertz CT molecular complexity index is 821. The minimum absolute atomic E-state index is 0.0904. The highest BCUT2D eigenvalue weighted by molar-refractivity contribution is 9.10. The van der Waals surface area contributed by atoms with Crippen molar-refractivity contribution >= 4 is 28.1 Å². The van der Waals surface area contributed by atoms with Crippen molar-refractivity contribution in [2.45, 2.75) is 25.7 Å². The molecule has 1 aliphatic rings. The number of fused-ring (bicyclic) bond motifs is 1. The average molecular weight is 417 g/mol. The molecule has 0 spiro atoms. The van der Waals surface area contributed by atoms with Gasteiger partial charge in [-0.3, -0.25) is 4.79 Å². The zero-order valence-corrected chi connectivity index (χ0v) is 16.2. The maximum Gasteiger partial charge on any atom is 0.277 e. The predicted molar refractivity (Wildman–Crippen MR) is 105 cm³/mol. The van der Waals surface area contributed by atoms with Crippen LogP contribution >= 0.6 is 15.9 Å². The summed E-state index contributed by atoms with van der Waals surface area (Å²) >= 11 is 3.62. The second kappa shape index (κ2) is 8.85. The standard InChI is InChI=1S/C20H21BrN2O3/c1-25-16-7-4-5-14(11-16)12-22-23-19(24)13-26-18-10-9-15-6-2-3-8-17(15)20(18)21/h4-5,7,9-12H,2-3,6,8,13H2,1H3,(H,23,24)/b22-12-. The molecule has 3 rings (SSSR count). The molecule has 136 valence electrons.